The molecule has 5 nitrogen and oxygen atoms in total. The van der Waals surface area contributed by atoms with Gasteiger partial charge in [-0.25, -0.2) is 0 Å². The molecule has 0 saturated heterocycles. The van der Waals surface area contributed by atoms with E-state index in [0.717, 1.165) is 22.8 Å². The molecule has 6 heteroatoms. The minimum Gasteiger partial charge on any atom is -0.325 e. The third-order valence-electron chi connectivity index (χ3n) is 3.81. The maximum Gasteiger partial charge on any atom is 0.234 e. The van der Waals surface area contributed by atoms with Gasteiger partial charge in [-0.1, -0.05) is 42.1 Å². The number of benzene rings is 2. The average Bonchev–Trinajstić information content (AvgIpc) is 2.96. The fraction of sp³-hybridized carbons (Fsp3) is 0.211. The highest BCUT2D eigenvalue weighted by Gasteiger charge is 2.14. The molecule has 3 aromatic rings. The van der Waals surface area contributed by atoms with E-state index in [9.17, 15) is 4.79 Å². The second kappa shape index (κ2) is 7.53. The van der Waals surface area contributed by atoms with E-state index in [0.29, 0.717) is 5.16 Å². The summed E-state index contributed by atoms with van der Waals surface area (Å²) in [6.07, 6.45) is 0. The fourth-order valence-electron chi connectivity index (χ4n) is 2.53. The predicted molar refractivity (Wildman–Crippen MR) is 101 cm³/mol. The molecule has 0 bridgehead atoms. The van der Waals surface area contributed by atoms with E-state index in [-0.39, 0.29) is 11.7 Å². The quantitative estimate of drug-likeness (QED) is 0.707. The molecular formula is C19H20N4OS. The Balaban J connectivity index is 1.72. The lowest BCUT2D eigenvalue weighted by Gasteiger charge is -2.10. The summed E-state index contributed by atoms with van der Waals surface area (Å²) in [4.78, 5) is 12.3. The van der Waals surface area contributed by atoms with Crippen molar-refractivity contribution in [1.29, 1.82) is 0 Å². The van der Waals surface area contributed by atoms with E-state index in [1.54, 1.807) is 0 Å². The number of carbonyl (C=O) groups excluding carboxylic acids is 1. The van der Waals surface area contributed by atoms with Crippen LogP contribution < -0.4 is 5.32 Å². The summed E-state index contributed by atoms with van der Waals surface area (Å²) in [7, 11) is 0. The van der Waals surface area contributed by atoms with Gasteiger partial charge < -0.3 is 5.32 Å². The van der Waals surface area contributed by atoms with Crippen molar-refractivity contribution in [1.82, 2.24) is 14.8 Å². The second-order valence-corrected chi connectivity index (χ2v) is 6.80. The summed E-state index contributed by atoms with van der Waals surface area (Å²) in [5.74, 6) is 1.02. The zero-order valence-electron chi connectivity index (χ0n) is 14.5. The van der Waals surface area contributed by atoms with Crippen molar-refractivity contribution < 1.29 is 4.79 Å². The zero-order valence-corrected chi connectivity index (χ0v) is 15.3. The van der Waals surface area contributed by atoms with E-state index in [1.165, 1.54) is 17.3 Å². The molecule has 1 aromatic heterocycles. The van der Waals surface area contributed by atoms with Crippen molar-refractivity contribution in [3.8, 4) is 5.69 Å². The molecule has 0 fully saturated rings. The third-order valence-corrected chi connectivity index (χ3v) is 4.74. The molecule has 0 aliphatic rings. The maximum atomic E-state index is 12.3. The largest absolute Gasteiger partial charge is 0.325 e. The van der Waals surface area contributed by atoms with Gasteiger partial charge in [0, 0.05) is 11.4 Å². The van der Waals surface area contributed by atoms with Gasteiger partial charge in [0.15, 0.2) is 5.16 Å². The standard InChI is InChI=1S/C19H20N4OS/c1-13-7-6-9-16(11-13)23-15(3)21-22-19(23)25-12-18(24)20-17-10-5-4-8-14(17)2/h4-11H,12H2,1-3H3,(H,20,24). The van der Waals surface area contributed by atoms with Gasteiger partial charge in [-0.15, -0.1) is 10.2 Å². The smallest absolute Gasteiger partial charge is 0.234 e. The van der Waals surface area contributed by atoms with Gasteiger partial charge >= 0.3 is 0 Å². The van der Waals surface area contributed by atoms with Gasteiger partial charge in [0.05, 0.1) is 5.75 Å². The summed E-state index contributed by atoms with van der Waals surface area (Å²) in [5.41, 5.74) is 4.05. The number of carbonyl (C=O) groups is 1. The number of hydrogen-bond acceptors (Lipinski definition) is 4. The number of para-hydroxylation sites is 1. The predicted octanol–water partition coefficient (Wildman–Crippen LogP) is 3.92. The van der Waals surface area contributed by atoms with E-state index >= 15 is 0 Å². The first kappa shape index (κ1) is 17.2. The Kier molecular flexibility index (Phi) is 5.19. The third kappa shape index (κ3) is 4.09. The van der Waals surface area contributed by atoms with Crippen molar-refractivity contribution in [3.63, 3.8) is 0 Å². The normalized spacial score (nSPS) is 10.7. The van der Waals surface area contributed by atoms with Crippen molar-refractivity contribution in [2.24, 2.45) is 0 Å². The summed E-state index contributed by atoms with van der Waals surface area (Å²) in [5, 5.41) is 12.0. The molecular weight excluding hydrogens is 332 g/mol. The first-order valence-corrected chi connectivity index (χ1v) is 9.00. The van der Waals surface area contributed by atoms with Crippen LogP contribution in [-0.4, -0.2) is 26.4 Å². The monoisotopic (exact) mass is 352 g/mol. The van der Waals surface area contributed by atoms with Crippen LogP contribution in [0.1, 0.15) is 17.0 Å². The molecule has 2 aromatic carbocycles. The summed E-state index contributed by atoms with van der Waals surface area (Å²) < 4.78 is 1.97. The van der Waals surface area contributed by atoms with Crippen LogP contribution in [0.2, 0.25) is 0 Å². The van der Waals surface area contributed by atoms with Crippen LogP contribution in [0, 0.1) is 20.8 Å². The van der Waals surface area contributed by atoms with Crippen LogP contribution in [0.5, 0.6) is 0 Å². The Morgan fingerprint density at radius 2 is 1.88 bits per heavy atom. The average molecular weight is 352 g/mol. The molecule has 128 valence electrons. The van der Waals surface area contributed by atoms with Crippen LogP contribution in [0.25, 0.3) is 5.69 Å². The molecule has 3 rings (SSSR count). The van der Waals surface area contributed by atoms with Crippen molar-refractivity contribution in [2.45, 2.75) is 25.9 Å². The first-order valence-electron chi connectivity index (χ1n) is 8.02. The van der Waals surface area contributed by atoms with Gasteiger partial charge in [0.2, 0.25) is 5.91 Å². The van der Waals surface area contributed by atoms with Crippen molar-refractivity contribution in [3.05, 3.63) is 65.5 Å². The number of nitrogens with one attached hydrogen (secondary N) is 1. The van der Waals surface area contributed by atoms with Gasteiger partial charge in [-0.3, -0.25) is 9.36 Å². The maximum absolute atomic E-state index is 12.3. The molecule has 0 radical (unpaired) electrons. The van der Waals surface area contributed by atoms with Gasteiger partial charge in [-0.2, -0.15) is 0 Å². The van der Waals surface area contributed by atoms with E-state index in [4.69, 9.17) is 0 Å². The Hall–Kier alpha value is -2.60. The number of anilines is 1. The fourth-order valence-corrected chi connectivity index (χ4v) is 3.33. The highest BCUT2D eigenvalue weighted by Crippen LogP contribution is 2.23. The van der Waals surface area contributed by atoms with Crippen LogP contribution >= 0.6 is 11.8 Å². The molecule has 0 saturated carbocycles. The molecule has 0 spiro atoms. The van der Waals surface area contributed by atoms with Crippen molar-refractivity contribution in [2.75, 3.05) is 11.1 Å². The highest BCUT2D eigenvalue weighted by molar-refractivity contribution is 7.99. The summed E-state index contributed by atoms with van der Waals surface area (Å²) in [6.45, 7) is 5.93. The molecule has 1 heterocycles. The lowest BCUT2D eigenvalue weighted by Crippen LogP contribution is -2.15. The van der Waals surface area contributed by atoms with E-state index in [1.807, 2.05) is 67.8 Å². The number of aromatic nitrogens is 3. The van der Waals surface area contributed by atoms with Gasteiger partial charge in [-0.05, 0) is 50.1 Å². The van der Waals surface area contributed by atoms with Gasteiger partial charge in [0.25, 0.3) is 0 Å². The minimum absolute atomic E-state index is 0.0595. The highest BCUT2D eigenvalue weighted by atomic mass is 32.2. The van der Waals surface area contributed by atoms with Crippen LogP contribution in [0.4, 0.5) is 5.69 Å². The molecule has 0 aliphatic heterocycles. The number of thioether (sulfide) groups is 1. The zero-order chi connectivity index (χ0) is 17.8. The lowest BCUT2D eigenvalue weighted by molar-refractivity contribution is -0.113. The summed E-state index contributed by atoms with van der Waals surface area (Å²) >= 11 is 1.38. The van der Waals surface area contributed by atoms with Crippen molar-refractivity contribution >= 4 is 23.4 Å². The topological polar surface area (TPSA) is 59.8 Å². The van der Waals surface area contributed by atoms with Gasteiger partial charge in [0.1, 0.15) is 5.82 Å². The van der Waals surface area contributed by atoms with Crippen LogP contribution in [0.3, 0.4) is 0 Å². The van der Waals surface area contributed by atoms with Crippen LogP contribution in [0.15, 0.2) is 53.7 Å². The number of amides is 1. The number of nitrogens with zero attached hydrogens (tertiary/aromatic N) is 3. The minimum atomic E-state index is -0.0595. The van der Waals surface area contributed by atoms with E-state index in [2.05, 4.69) is 21.6 Å². The molecule has 0 unspecified atom stereocenters. The Bertz CT molecular complexity index is 904. The molecule has 0 aliphatic carbocycles. The Labute approximate surface area is 151 Å². The molecule has 1 N–H and O–H groups in total. The lowest BCUT2D eigenvalue weighted by atomic mass is 10.2. The second-order valence-electron chi connectivity index (χ2n) is 5.86. The summed E-state index contributed by atoms with van der Waals surface area (Å²) in [6, 6.07) is 15.9. The Morgan fingerprint density at radius 1 is 1.08 bits per heavy atom. The number of aryl methyl sites for hydroxylation is 3. The van der Waals surface area contributed by atoms with E-state index < -0.39 is 0 Å². The molecule has 1 amide bonds. The molecule has 0 atom stereocenters. The SMILES string of the molecule is Cc1cccc(-n2c(C)nnc2SCC(=O)Nc2ccccc2C)c1. The Morgan fingerprint density at radius 3 is 2.64 bits per heavy atom. The first-order chi connectivity index (χ1) is 12.0. The van der Waals surface area contributed by atoms with Crippen LogP contribution in [-0.2, 0) is 4.79 Å². The number of hydrogen-bond donors (Lipinski definition) is 1. The molecule has 25 heavy (non-hydrogen) atoms. The number of rotatable bonds is 5.